The molecule has 0 radical (unpaired) electrons. The zero-order chi connectivity index (χ0) is 33.2. The number of carbonyl (C=O) groups is 3. The average molecular weight is 693 g/mol. The molecule has 1 N–H and O–H groups in total. The highest BCUT2D eigenvalue weighted by atomic mass is 32.2. The van der Waals surface area contributed by atoms with E-state index in [1.54, 1.807) is 43.5 Å². The molecule has 5 heterocycles. The van der Waals surface area contributed by atoms with Crippen molar-refractivity contribution in [1.82, 2.24) is 9.29 Å². The Hall–Kier alpha value is -2.79. The molecule has 15 heteroatoms. The first-order chi connectivity index (χ1) is 21.8. The molecule has 0 aromatic carbocycles. The van der Waals surface area contributed by atoms with Gasteiger partial charge in [0.2, 0.25) is 10.2 Å². The lowest BCUT2D eigenvalue weighted by Gasteiger charge is -2.40. The van der Waals surface area contributed by atoms with E-state index in [-0.39, 0.29) is 29.5 Å². The second-order valence-electron chi connectivity index (χ2n) is 11.7. The lowest BCUT2D eigenvalue weighted by atomic mass is 9.81. The molecule has 0 spiro atoms. The quantitative estimate of drug-likeness (QED) is 0.264. The van der Waals surface area contributed by atoms with E-state index in [4.69, 9.17) is 18.3 Å². The average Bonchev–Trinajstić information content (AvgIpc) is 3.69. The summed E-state index contributed by atoms with van der Waals surface area (Å²) >= 11 is -0.501. The predicted octanol–water partition coefficient (Wildman–Crippen LogP) is 4.55. The van der Waals surface area contributed by atoms with Gasteiger partial charge >= 0.3 is 5.82 Å². The number of allylic oxidation sites excluding steroid dienone is 3. The van der Waals surface area contributed by atoms with Gasteiger partial charge < -0.3 is 28.0 Å². The second-order valence-corrected chi connectivity index (χ2v) is 15.2. The second kappa shape index (κ2) is 14.1. The number of hydrogen-bond donors (Lipinski definition) is 1. The third-order valence-electron chi connectivity index (χ3n) is 8.33. The Kier molecular flexibility index (Phi) is 10.6. The van der Waals surface area contributed by atoms with Gasteiger partial charge in [-0.05, 0) is 83.4 Å². The Morgan fingerprint density at radius 2 is 2.00 bits per heavy atom. The van der Waals surface area contributed by atoms with Crippen LogP contribution < -0.4 is 5.82 Å². The molecule has 0 saturated carbocycles. The van der Waals surface area contributed by atoms with Gasteiger partial charge in [-0.3, -0.25) is 14.4 Å². The van der Waals surface area contributed by atoms with Gasteiger partial charge in [0.15, 0.2) is 28.2 Å². The van der Waals surface area contributed by atoms with Crippen LogP contribution in [0.5, 0.6) is 0 Å². The summed E-state index contributed by atoms with van der Waals surface area (Å²) in [5, 5.41) is 13.3. The van der Waals surface area contributed by atoms with Crippen molar-refractivity contribution in [3.05, 3.63) is 62.3 Å². The lowest BCUT2D eigenvalue weighted by molar-refractivity contribution is -0.181. The third-order valence-corrected chi connectivity index (χ3v) is 12.8. The number of nitrogens with zero attached hydrogens (tertiary/aromatic N) is 2. The monoisotopic (exact) mass is 692 g/mol. The maximum Gasteiger partial charge on any atom is 0.519 e. The van der Waals surface area contributed by atoms with Crippen molar-refractivity contribution >= 4 is 57.3 Å². The highest BCUT2D eigenvalue weighted by Gasteiger charge is 2.69. The number of hydrogen-bond acceptors (Lipinski definition) is 13. The van der Waals surface area contributed by atoms with Gasteiger partial charge in [-0.1, -0.05) is 17.7 Å². The van der Waals surface area contributed by atoms with Gasteiger partial charge in [0.05, 0.1) is 23.5 Å². The van der Waals surface area contributed by atoms with Crippen LogP contribution in [-0.2, 0) is 35.2 Å². The van der Waals surface area contributed by atoms with E-state index in [2.05, 4.69) is 4.98 Å². The first-order valence-corrected chi connectivity index (χ1v) is 17.7. The van der Waals surface area contributed by atoms with Gasteiger partial charge in [-0.25, -0.2) is 9.78 Å². The summed E-state index contributed by atoms with van der Waals surface area (Å²) in [6.45, 7) is 6.65. The largest absolute Gasteiger partial charge is 0.592 e. The molecule has 4 bridgehead atoms. The van der Waals surface area contributed by atoms with E-state index in [1.807, 2.05) is 0 Å². The fraction of sp³-hybridized carbons (Fsp3) is 0.516. The van der Waals surface area contributed by atoms with Crippen LogP contribution in [-0.4, -0.2) is 65.1 Å². The smallest absolute Gasteiger partial charge is 0.519 e. The number of amides is 1. The number of carbonyl (C=O) groups excluding carboxylic acids is 3. The Morgan fingerprint density at radius 1 is 1.24 bits per heavy atom. The molecule has 2 aromatic heterocycles. The Labute approximate surface area is 277 Å². The van der Waals surface area contributed by atoms with Crippen molar-refractivity contribution in [2.45, 2.75) is 100 Å². The number of thioether (sulfide) groups is 1. The molecule has 3 aliphatic rings. The highest BCUT2D eigenvalue weighted by Crippen LogP contribution is 2.51. The number of rotatable bonds is 5. The Bertz CT molecular complexity index is 1620. The minimum Gasteiger partial charge on any atom is -0.592 e. The molecule has 12 nitrogen and oxygen atoms in total. The first kappa shape index (κ1) is 34.5. The van der Waals surface area contributed by atoms with Crippen LogP contribution in [0.4, 0.5) is 0 Å². The van der Waals surface area contributed by atoms with Crippen LogP contribution in [0.25, 0.3) is 6.08 Å². The first-order valence-electron chi connectivity index (χ1n) is 14.9. The number of aromatic nitrogens is 1. The molecule has 46 heavy (non-hydrogen) atoms. The zero-order valence-corrected chi connectivity index (χ0v) is 28.3. The molecule has 2 fully saturated rings. The van der Waals surface area contributed by atoms with Gasteiger partial charge in [0, 0.05) is 18.4 Å². The standard InChI is InChI=1S/C31H36N2O10S3/c1-18-12-13-31(30(4,38)28(36)45-27-20(3)41-29(37)43-27)16-24(35)33(46(31)39)19(2)26-32-21(17-44-26)9-5-6-10-22(34)23(15-18)42-25-11-7-8-14-40-25/h5-6,9-10,15,17,19,23,25,38H,7-8,11-14,16H2,1-4H3/b9-5-,10-6+,18-15-/t19-,23-,25?,30+,31?,46?/m1/s1. The normalized spacial score (nSPS) is 31.5. The number of aryl methyl sites for hydroxylation is 1. The summed E-state index contributed by atoms with van der Waals surface area (Å²) < 4.78 is 35.5. The van der Waals surface area contributed by atoms with Crippen LogP contribution in [0.15, 0.2) is 54.0 Å². The predicted molar refractivity (Wildman–Crippen MR) is 171 cm³/mol. The lowest BCUT2D eigenvalue weighted by Crippen LogP contribution is -2.60. The molecule has 2 aromatic rings. The third kappa shape index (κ3) is 7.05. The van der Waals surface area contributed by atoms with Crippen LogP contribution in [0.1, 0.15) is 81.8 Å². The van der Waals surface area contributed by atoms with Gasteiger partial charge in [0.1, 0.15) is 17.2 Å². The molecule has 3 aliphatic heterocycles. The maximum absolute atomic E-state index is 14.5. The van der Waals surface area contributed by atoms with E-state index >= 15 is 0 Å². The molecule has 6 atom stereocenters. The zero-order valence-electron chi connectivity index (χ0n) is 25.9. The SMILES string of the molecule is C/C1=C/[C@@H](OC2CCCCO2)C(=O)/C=C/C=C\c2csc(n2)[C@@H](C)N2C(=O)CC([C@@](C)(O)C(=O)Sc3oc(=O)oc3C)(CC1)[S+]2[O-]. The number of thiazole rings is 1. The minimum atomic E-state index is -2.35. The fourth-order valence-electron chi connectivity index (χ4n) is 5.56. The summed E-state index contributed by atoms with van der Waals surface area (Å²) in [5.74, 6) is -1.79. The van der Waals surface area contributed by atoms with Crippen molar-refractivity contribution in [2.75, 3.05) is 6.61 Å². The summed E-state index contributed by atoms with van der Waals surface area (Å²) in [5.41, 5.74) is -1.11. The number of fused-ring (bicyclic) bond motifs is 4. The van der Waals surface area contributed by atoms with Gasteiger partial charge in [-0.15, -0.1) is 11.3 Å². The summed E-state index contributed by atoms with van der Waals surface area (Å²) in [6.07, 6.45) is 8.68. The van der Waals surface area contributed by atoms with Gasteiger partial charge in [0.25, 0.3) is 5.91 Å². The van der Waals surface area contributed by atoms with E-state index in [1.165, 1.54) is 35.6 Å². The molecule has 1 amide bonds. The summed E-state index contributed by atoms with van der Waals surface area (Å²) in [7, 11) is 0. The molecule has 248 valence electrons. The van der Waals surface area contributed by atoms with Crippen LogP contribution in [0.3, 0.4) is 0 Å². The summed E-state index contributed by atoms with van der Waals surface area (Å²) in [6, 6.07) is -0.729. The molecular weight excluding hydrogens is 657 g/mol. The summed E-state index contributed by atoms with van der Waals surface area (Å²) in [4.78, 5) is 56.9. The van der Waals surface area contributed by atoms with Crippen molar-refractivity contribution < 1.29 is 42.4 Å². The number of ether oxygens (including phenoxy) is 2. The topological polar surface area (TPSA) is 172 Å². The molecule has 2 saturated heterocycles. The van der Waals surface area contributed by atoms with Crippen LogP contribution in [0, 0.1) is 6.92 Å². The minimum absolute atomic E-state index is 0.0449. The maximum atomic E-state index is 14.5. The van der Waals surface area contributed by atoms with Crippen molar-refractivity contribution in [1.29, 1.82) is 0 Å². The Balaban J connectivity index is 1.54. The highest BCUT2D eigenvalue weighted by molar-refractivity contribution is 8.13. The van der Waals surface area contributed by atoms with Crippen LogP contribution in [0.2, 0.25) is 0 Å². The van der Waals surface area contributed by atoms with E-state index in [0.29, 0.717) is 41.1 Å². The van der Waals surface area contributed by atoms with E-state index in [9.17, 15) is 28.8 Å². The van der Waals surface area contributed by atoms with Crippen molar-refractivity contribution in [3.8, 4) is 0 Å². The molecule has 0 aliphatic carbocycles. The van der Waals surface area contributed by atoms with Crippen molar-refractivity contribution in [3.63, 3.8) is 0 Å². The van der Waals surface area contributed by atoms with Crippen LogP contribution >= 0.6 is 23.1 Å². The van der Waals surface area contributed by atoms with E-state index < -0.39 is 63.4 Å². The molecular formula is C31H36N2O10S3. The molecule has 3 unspecified atom stereocenters. The van der Waals surface area contributed by atoms with E-state index in [0.717, 1.165) is 12.8 Å². The van der Waals surface area contributed by atoms with Crippen molar-refractivity contribution in [2.24, 2.45) is 0 Å². The molecule has 5 rings (SSSR count). The number of aliphatic hydroxyl groups is 1. The van der Waals surface area contributed by atoms with Gasteiger partial charge in [-0.2, -0.15) is 4.31 Å². The Morgan fingerprint density at radius 3 is 2.70 bits per heavy atom. The fourth-order valence-corrected chi connectivity index (χ4v) is 9.35. The number of ketones is 1.